The van der Waals surface area contributed by atoms with Gasteiger partial charge in [-0.05, 0) is 36.6 Å². The van der Waals surface area contributed by atoms with E-state index < -0.39 is 0 Å². The molecule has 0 aliphatic rings. The van der Waals surface area contributed by atoms with Gasteiger partial charge in [0.1, 0.15) is 5.75 Å². The summed E-state index contributed by atoms with van der Waals surface area (Å²) in [5.41, 5.74) is 1.24. The van der Waals surface area contributed by atoms with Gasteiger partial charge >= 0.3 is 0 Å². The van der Waals surface area contributed by atoms with E-state index >= 15 is 0 Å². The van der Waals surface area contributed by atoms with Crippen LogP contribution in [0.3, 0.4) is 0 Å². The molecule has 0 fully saturated rings. The monoisotopic (exact) mass is 338 g/mol. The molecular formula is C20H22N2O3. The number of hydrogen-bond donors (Lipinski definition) is 3. The third-order valence-electron chi connectivity index (χ3n) is 3.56. The number of para-hydroxylation sites is 1. The molecule has 2 rings (SSSR count). The number of phenols is 1. The molecule has 0 saturated carbocycles. The molecule has 0 bridgehead atoms. The van der Waals surface area contributed by atoms with Crippen LogP contribution in [0, 0.1) is 0 Å². The highest BCUT2D eigenvalue weighted by atomic mass is 16.3. The smallest absolute Gasteiger partial charge is 0.255 e. The van der Waals surface area contributed by atoms with Gasteiger partial charge < -0.3 is 15.7 Å². The average Bonchev–Trinajstić information content (AvgIpc) is 2.64. The molecule has 130 valence electrons. The van der Waals surface area contributed by atoms with Gasteiger partial charge in [-0.3, -0.25) is 9.59 Å². The Kier molecular flexibility index (Phi) is 7.25. The Balaban J connectivity index is 1.59. The largest absolute Gasteiger partial charge is 0.507 e. The summed E-state index contributed by atoms with van der Waals surface area (Å²) < 4.78 is 0. The van der Waals surface area contributed by atoms with Crippen LogP contribution in [0.25, 0.3) is 6.08 Å². The van der Waals surface area contributed by atoms with Gasteiger partial charge in [0.15, 0.2) is 0 Å². The molecule has 0 spiro atoms. The summed E-state index contributed by atoms with van der Waals surface area (Å²) in [6.45, 7) is 1.04. The van der Waals surface area contributed by atoms with Gasteiger partial charge in [-0.25, -0.2) is 0 Å². The predicted octanol–water partition coefficient (Wildman–Crippen LogP) is 2.73. The molecule has 0 saturated heterocycles. The number of nitrogens with one attached hydrogen (secondary N) is 2. The Morgan fingerprint density at radius 1 is 0.880 bits per heavy atom. The highest BCUT2D eigenvalue weighted by Gasteiger charge is 2.08. The van der Waals surface area contributed by atoms with Crippen molar-refractivity contribution >= 4 is 17.9 Å². The van der Waals surface area contributed by atoms with Crippen LogP contribution >= 0.6 is 0 Å². The van der Waals surface area contributed by atoms with Crippen molar-refractivity contribution in [2.45, 2.75) is 12.8 Å². The van der Waals surface area contributed by atoms with Crippen molar-refractivity contribution in [2.24, 2.45) is 0 Å². The van der Waals surface area contributed by atoms with E-state index in [4.69, 9.17) is 0 Å². The van der Waals surface area contributed by atoms with E-state index in [-0.39, 0.29) is 23.1 Å². The summed E-state index contributed by atoms with van der Waals surface area (Å²) in [6.07, 6.45) is 4.77. The quantitative estimate of drug-likeness (QED) is 0.511. The maximum absolute atomic E-state index is 11.9. The maximum Gasteiger partial charge on any atom is 0.255 e. The molecule has 5 heteroatoms. The fraction of sp³-hybridized carbons (Fsp3) is 0.200. The van der Waals surface area contributed by atoms with E-state index in [1.165, 1.54) is 12.1 Å². The number of unbranched alkanes of at least 4 members (excludes halogenated alkanes) is 1. The van der Waals surface area contributed by atoms with Gasteiger partial charge in [0, 0.05) is 19.2 Å². The normalized spacial score (nSPS) is 10.6. The van der Waals surface area contributed by atoms with Crippen LogP contribution in [0.5, 0.6) is 5.75 Å². The van der Waals surface area contributed by atoms with E-state index in [2.05, 4.69) is 10.6 Å². The van der Waals surface area contributed by atoms with E-state index in [9.17, 15) is 14.7 Å². The second kappa shape index (κ2) is 9.93. The first-order valence-corrected chi connectivity index (χ1v) is 8.24. The molecule has 0 unspecified atom stereocenters. The first-order valence-electron chi connectivity index (χ1n) is 8.24. The SMILES string of the molecule is O=C(C=Cc1ccccc1)NCCCCNC(=O)c1ccccc1O. The Hall–Kier alpha value is -3.08. The topological polar surface area (TPSA) is 78.4 Å². The fourth-order valence-electron chi connectivity index (χ4n) is 2.22. The van der Waals surface area contributed by atoms with Gasteiger partial charge in [0.2, 0.25) is 5.91 Å². The zero-order valence-corrected chi connectivity index (χ0v) is 13.9. The van der Waals surface area contributed by atoms with E-state index in [1.54, 1.807) is 24.3 Å². The maximum atomic E-state index is 11.9. The predicted molar refractivity (Wildman–Crippen MR) is 98.2 cm³/mol. The molecule has 0 radical (unpaired) electrons. The molecule has 2 aromatic rings. The number of benzene rings is 2. The fourth-order valence-corrected chi connectivity index (χ4v) is 2.22. The minimum absolute atomic E-state index is 0.0301. The van der Waals surface area contributed by atoms with E-state index in [0.717, 1.165) is 18.4 Å². The summed E-state index contributed by atoms with van der Waals surface area (Å²) in [6, 6.07) is 16.0. The molecule has 0 atom stereocenters. The molecule has 25 heavy (non-hydrogen) atoms. The number of amides is 2. The third-order valence-corrected chi connectivity index (χ3v) is 3.56. The first kappa shape index (κ1) is 18.3. The van der Waals surface area contributed by atoms with E-state index in [0.29, 0.717) is 13.1 Å². The van der Waals surface area contributed by atoms with Crippen molar-refractivity contribution in [1.82, 2.24) is 10.6 Å². The Bertz CT molecular complexity index is 727. The lowest BCUT2D eigenvalue weighted by molar-refractivity contribution is -0.116. The van der Waals surface area contributed by atoms with Gasteiger partial charge in [0.25, 0.3) is 5.91 Å². The molecular weight excluding hydrogens is 316 g/mol. The van der Waals surface area contributed by atoms with Crippen molar-refractivity contribution in [3.63, 3.8) is 0 Å². The second-order valence-electron chi connectivity index (χ2n) is 5.52. The second-order valence-corrected chi connectivity index (χ2v) is 5.52. The number of carbonyl (C=O) groups is 2. The van der Waals surface area contributed by atoms with Crippen molar-refractivity contribution < 1.29 is 14.7 Å². The lowest BCUT2D eigenvalue weighted by Crippen LogP contribution is -2.26. The zero-order chi connectivity index (χ0) is 17.9. The minimum Gasteiger partial charge on any atom is -0.507 e. The summed E-state index contributed by atoms with van der Waals surface area (Å²) >= 11 is 0. The van der Waals surface area contributed by atoms with E-state index in [1.807, 2.05) is 30.3 Å². The van der Waals surface area contributed by atoms with Crippen LogP contribution in [0.1, 0.15) is 28.8 Å². The first-order chi connectivity index (χ1) is 12.2. The number of carbonyl (C=O) groups excluding carboxylic acids is 2. The van der Waals surface area contributed by atoms with Crippen LogP contribution in [-0.4, -0.2) is 30.0 Å². The van der Waals surface area contributed by atoms with Crippen LogP contribution in [-0.2, 0) is 4.79 Å². The van der Waals surface area contributed by atoms with Crippen LogP contribution in [0.4, 0.5) is 0 Å². The number of aromatic hydroxyl groups is 1. The Labute approximate surface area is 147 Å². The molecule has 0 aliphatic carbocycles. The van der Waals surface area contributed by atoms with Crippen molar-refractivity contribution in [3.05, 3.63) is 71.8 Å². The number of phenolic OH excluding ortho intramolecular Hbond substituents is 1. The molecule has 0 aliphatic heterocycles. The zero-order valence-electron chi connectivity index (χ0n) is 13.9. The lowest BCUT2D eigenvalue weighted by Gasteiger charge is -2.07. The van der Waals surface area contributed by atoms with Crippen LogP contribution in [0.2, 0.25) is 0 Å². The van der Waals surface area contributed by atoms with Crippen molar-refractivity contribution in [2.75, 3.05) is 13.1 Å². The highest BCUT2D eigenvalue weighted by molar-refractivity contribution is 5.96. The van der Waals surface area contributed by atoms with Gasteiger partial charge in [-0.2, -0.15) is 0 Å². The Morgan fingerprint density at radius 3 is 2.24 bits per heavy atom. The highest BCUT2D eigenvalue weighted by Crippen LogP contribution is 2.14. The number of rotatable bonds is 8. The van der Waals surface area contributed by atoms with Crippen LogP contribution < -0.4 is 10.6 Å². The summed E-state index contributed by atoms with van der Waals surface area (Å²) in [5.74, 6) is -0.465. The Morgan fingerprint density at radius 2 is 1.52 bits per heavy atom. The van der Waals surface area contributed by atoms with Gasteiger partial charge in [-0.15, -0.1) is 0 Å². The van der Waals surface area contributed by atoms with Crippen LogP contribution in [0.15, 0.2) is 60.7 Å². The molecule has 3 N–H and O–H groups in total. The molecule has 5 nitrogen and oxygen atoms in total. The summed E-state index contributed by atoms with van der Waals surface area (Å²) in [7, 11) is 0. The molecule has 0 heterocycles. The third kappa shape index (κ3) is 6.51. The standard InChI is InChI=1S/C20H22N2O3/c23-18-11-5-4-10-17(18)20(25)22-15-7-6-14-21-19(24)13-12-16-8-2-1-3-9-16/h1-5,8-13,23H,6-7,14-15H2,(H,21,24)(H,22,25). The van der Waals surface area contributed by atoms with Crippen molar-refractivity contribution in [3.8, 4) is 5.75 Å². The number of hydrogen-bond acceptors (Lipinski definition) is 3. The average molecular weight is 338 g/mol. The van der Waals surface area contributed by atoms with Gasteiger partial charge in [-0.1, -0.05) is 42.5 Å². The van der Waals surface area contributed by atoms with Gasteiger partial charge in [0.05, 0.1) is 5.56 Å². The molecule has 2 amide bonds. The molecule has 0 aromatic heterocycles. The summed E-state index contributed by atoms with van der Waals surface area (Å²) in [5, 5.41) is 15.2. The molecule has 2 aromatic carbocycles. The lowest BCUT2D eigenvalue weighted by atomic mass is 10.2. The van der Waals surface area contributed by atoms with Crippen molar-refractivity contribution in [1.29, 1.82) is 0 Å². The minimum atomic E-state index is -0.298. The summed E-state index contributed by atoms with van der Waals surface area (Å²) in [4.78, 5) is 23.6.